The van der Waals surface area contributed by atoms with Gasteiger partial charge in [-0.1, -0.05) is 128 Å². The third kappa shape index (κ3) is 4.80. The van der Waals surface area contributed by atoms with Crippen LogP contribution in [0.3, 0.4) is 0 Å². The molecule has 4 rings (SSSR count). The van der Waals surface area contributed by atoms with Crippen molar-refractivity contribution >= 4 is 18.8 Å². The summed E-state index contributed by atoms with van der Waals surface area (Å²) in [6.45, 7) is 7.18. The monoisotopic (exact) mass is 406 g/mol. The van der Waals surface area contributed by atoms with Crippen LogP contribution in [0.1, 0.15) is 18.4 Å². The van der Waals surface area contributed by atoms with Crippen LogP contribution < -0.4 is 5.19 Å². The molecule has 0 spiro atoms. The van der Waals surface area contributed by atoms with Gasteiger partial charge in [0.05, 0.1) is 8.07 Å². The summed E-state index contributed by atoms with van der Waals surface area (Å²) >= 11 is 0. The largest absolute Gasteiger partial charge is 0.0842 e. The van der Waals surface area contributed by atoms with Gasteiger partial charge in [-0.15, -0.1) is 0 Å². The number of rotatable bonds is 4. The van der Waals surface area contributed by atoms with Gasteiger partial charge < -0.3 is 0 Å². The molecule has 150 valence electrons. The summed E-state index contributed by atoms with van der Waals surface area (Å²) in [6, 6.07) is 27.1. The van der Waals surface area contributed by atoms with Gasteiger partial charge in [-0.2, -0.15) is 0 Å². The highest BCUT2D eigenvalue weighted by molar-refractivity contribution is 6.88. The maximum atomic E-state index is 2.39. The van der Waals surface area contributed by atoms with Gasteiger partial charge in [0.15, 0.2) is 0 Å². The van der Waals surface area contributed by atoms with E-state index in [9.17, 15) is 0 Å². The molecule has 3 aromatic rings. The fourth-order valence-electron chi connectivity index (χ4n) is 3.87. The van der Waals surface area contributed by atoms with E-state index in [4.69, 9.17) is 0 Å². The van der Waals surface area contributed by atoms with Crippen molar-refractivity contribution < 1.29 is 0 Å². The summed E-state index contributed by atoms with van der Waals surface area (Å²) in [4.78, 5) is 0. The van der Waals surface area contributed by atoms with Crippen molar-refractivity contribution in [3.63, 3.8) is 0 Å². The molecule has 1 aliphatic rings. The van der Waals surface area contributed by atoms with Crippen molar-refractivity contribution in [1.29, 1.82) is 0 Å². The number of allylic oxidation sites excluding steroid dienone is 6. The Morgan fingerprint density at radius 3 is 1.50 bits per heavy atom. The molecule has 0 saturated heterocycles. The quantitative estimate of drug-likeness (QED) is 0.387. The van der Waals surface area contributed by atoms with Crippen molar-refractivity contribution in [2.75, 3.05) is 0 Å². The van der Waals surface area contributed by atoms with Crippen LogP contribution in [0.2, 0.25) is 19.6 Å². The average Bonchev–Trinajstić information content (AvgIpc) is 2.73. The second-order valence-electron chi connectivity index (χ2n) is 9.03. The van der Waals surface area contributed by atoms with Gasteiger partial charge >= 0.3 is 0 Å². The summed E-state index contributed by atoms with van der Waals surface area (Å²) in [7, 11) is -1.24. The van der Waals surface area contributed by atoms with Gasteiger partial charge in [-0.3, -0.25) is 0 Å². The molecule has 0 saturated carbocycles. The molecule has 1 heteroatoms. The molecule has 0 aliphatic heterocycles. The normalized spacial score (nSPS) is 18.0. The lowest BCUT2D eigenvalue weighted by molar-refractivity contribution is 1.07. The summed E-state index contributed by atoms with van der Waals surface area (Å²) in [6.07, 6.45) is 13.0. The topological polar surface area (TPSA) is 0 Å². The first-order valence-corrected chi connectivity index (χ1v) is 14.3. The molecular formula is C29H30Si. The highest BCUT2D eigenvalue weighted by Crippen LogP contribution is 2.28. The summed E-state index contributed by atoms with van der Waals surface area (Å²) in [5.41, 5.74) is 7.81. The number of hydrogen-bond donors (Lipinski definition) is 0. The molecule has 0 unspecified atom stereocenters. The zero-order valence-electron chi connectivity index (χ0n) is 18.2. The highest BCUT2D eigenvalue weighted by atomic mass is 28.3. The fraction of sp³-hybridized carbons (Fsp3) is 0.172. The lowest BCUT2D eigenvalue weighted by Crippen LogP contribution is -2.37. The zero-order chi connectivity index (χ0) is 21.0. The average molecular weight is 407 g/mol. The van der Waals surface area contributed by atoms with Crippen LogP contribution in [0.25, 0.3) is 27.8 Å². The van der Waals surface area contributed by atoms with Gasteiger partial charge in [-0.05, 0) is 46.2 Å². The van der Waals surface area contributed by atoms with E-state index in [1.54, 1.807) is 0 Å². The first kappa shape index (κ1) is 20.4. The van der Waals surface area contributed by atoms with Crippen molar-refractivity contribution in [2.45, 2.75) is 32.5 Å². The second-order valence-corrected chi connectivity index (χ2v) is 14.1. The van der Waals surface area contributed by atoms with Crippen molar-refractivity contribution in [3.8, 4) is 22.3 Å². The SMILES string of the molecule is C[Si](C)(C)c1ccc(-c2ccc(-c3ccc(/C4=C/C=C\C=C/CC4)cc3)cc2)cc1. The maximum Gasteiger partial charge on any atom is 0.0775 e. The fourth-order valence-corrected chi connectivity index (χ4v) is 5.03. The Morgan fingerprint density at radius 2 is 1.00 bits per heavy atom. The van der Waals surface area contributed by atoms with Crippen LogP contribution in [0.5, 0.6) is 0 Å². The molecule has 0 radical (unpaired) electrons. The van der Waals surface area contributed by atoms with Gasteiger partial charge in [-0.25, -0.2) is 0 Å². The molecule has 0 N–H and O–H groups in total. The van der Waals surface area contributed by atoms with E-state index < -0.39 is 8.07 Å². The molecule has 30 heavy (non-hydrogen) atoms. The van der Waals surface area contributed by atoms with Crippen LogP contribution >= 0.6 is 0 Å². The molecule has 0 bridgehead atoms. The minimum absolute atomic E-state index is 1.09. The first-order chi connectivity index (χ1) is 14.5. The van der Waals surface area contributed by atoms with Crippen LogP contribution in [-0.4, -0.2) is 8.07 Å². The van der Waals surface area contributed by atoms with Gasteiger partial charge in [0.2, 0.25) is 0 Å². The second kappa shape index (κ2) is 8.85. The van der Waals surface area contributed by atoms with Crippen molar-refractivity contribution in [2.24, 2.45) is 0 Å². The van der Waals surface area contributed by atoms with Crippen LogP contribution in [0, 0.1) is 0 Å². The first-order valence-electron chi connectivity index (χ1n) is 10.8. The number of hydrogen-bond acceptors (Lipinski definition) is 0. The van der Waals surface area contributed by atoms with Gasteiger partial charge in [0.25, 0.3) is 0 Å². The van der Waals surface area contributed by atoms with E-state index >= 15 is 0 Å². The zero-order valence-corrected chi connectivity index (χ0v) is 19.2. The number of benzene rings is 3. The van der Waals surface area contributed by atoms with E-state index in [1.165, 1.54) is 38.6 Å². The highest BCUT2D eigenvalue weighted by Gasteiger charge is 2.15. The van der Waals surface area contributed by atoms with Crippen molar-refractivity contribution in [1.82, 2.24) is 0 Å². The molecule has 0 atom stereocenters. The van der Waals surface area contributed by atoms with Crippen LogP contribution in [0.15, 0.2) is 103 Å². The van der Waals surface area contributed by atoms with Crippen molar-refractivity contribution in [3.05, 3.63) is 109 Å². The lowest BCUT2D eigenvalue weighted by atomic mass is 9.96. The lowest BCUT2D eigenvalue weighted by Gasteiger charge is -2.16. The molecule has 3 aromatic carbocycles. The van der Waals surface area contributed by atoms with E-state index in [2.05, 4.69) is 123 Å². The Morgan fingerprint density at radius 1 is 0.533 bits per heavy atom. The molecular weight excluding hydrogens is 376 g/mol. The molecule has 0 heterocycles. The maximum absolute atomic E-state index is 2.39. The van der Waals surface area contributed by atoms with Gasteiger partial charge in [0.1, 0.15) is 0 Å². The predicted molar refractivity (Wildman–Crippen MR) is 136 cm³/mol. The summed E-state index contributed by atoms with van der Waals surface area (Å²) in [5, 5.41) is 1.51. The molecule has 0 aromatic heterocycles. The molecule has 0 amide bonds. The Balaban J connectivity index is 1.51. The minimum Gasteiger partial charge on any atom is -0.0842 e. The van der Waals surface area contributed by atoms with Crippen LogP contribution in [0.4, 0.5) is 0 Å². The third-order valence-corrected chi connectivity index (χ3v) is 7.86. The van der Waals surface area contributed by atoms with E-state index in [0.717, 1.165) is 12.8 Å². The van der Waals surface area contributed by atoms with E-state index in [0.29, 0.717) is 0 Å². The summed E-state index contributed by atoms with van der Waals surface area (Å²) in [5.74, 6) is 0. The Bertz CT molecular complexity index is 1070. The Kier molecular flexibility index (Phi) is 6.01. The Hall–Kier alpha value is -2.90. The molecule has 1 aliphatic carbocycles. The van der Waals surface area contributed by atoms with E-state index in [1.807, 2.05) is 0 Å². The predicted octanol–water partition coefficient (Wildman–Crippen LogP) is 7.86. The smallest absolute Gasteiger partial charge is 0.0775 e. The van der Waals surface area contributed by atoms with E-state index in [-0.39, 0.29) is 0 Å². The molecule has 0 fully saturated rings. The summed E-state index contributed by atoms with van der Waals surface area (Å²) < 4.78 is 0. The standard InChI is InChI=1S/C29H30Si/c1-30(2,3)29-21-19-28(20-22-29)27-17-15-26(16-18-27)25-13-11-24(12-14-25)23-9-7-5-4-6-8-10-23/h4-7,9,11-22H,8,10H2,1-3H3/b6-4-,7-5-,23-9+. The van der Waals surface area contributed by atoms with Crippen LogP contribution in [-0.2, 0) is 0 Å². The third-order valence-electron chi connectivity index (χ3n) is 5.79. The Labute approximate surface area is 182 Å². The minimum atomic E-state index is -1.24. The molecule has 0 nitrogen and oxygen atoms in total. The van der Waals surface area contributed by atoms with Gasteiger partial charge in [0, 0.05) is 0 Å².